The maximum absolute atomic E-state index is 13.2. The molecule has 32 heavy (non-hydrogen) atoms. The van der Waals surface area contributed by atoms with Crippen molar-refractivity contribution in [2.75, 3.05) is 13.1 Å². The molecule has 1 aromatic heterocycles. The van der Waals surface area contributed by atoms with Crippen molar-refractivity contribution in [2.24, 2.45) is 0 Å². The number of sulfonamides is 1. The lowest BCUT2D eigenvalue weighted by Crippen LogP contribution is -2.48. The predicted octanol–water partition coefficient (Wildman–Crippen LogP) is 3.77. The summed E-state index contributed by atoms with van der Waals surface area (Å²) >= 11 is 0. The van der Waals surface area contributed by atoms with Gasteiger partial charge in [0.2, 0.25) is 10.0 Å². The van der Waals surface area contributed by atoms with Crippen molar-refractivity contribution in [3.8, 4) is 11.3 Å². The van der Waals surface area contributed by atoms with E-state index in [1.165, 1.54) is 0 Å². The minimum absolute atomic E-state index is 0.236. The van der Waals surface area contributed by atoms with Gasteiger partial charge < -0.3 is 5.32 Å². The molecule has 0 amide bonds. The first-order chi connectivity index (χ1) is 15.5. The molecule has 2 heterocycles. The molecule has 3 aromatic carbocycles. The van der Waals surface area contributed by atoms with E-state index in [0.29, 0.717) is 25.3 Å². The molecule has 0 saturated carbocycles. The van der Waals surface area contributed by atoms with Crippen molar-refractivity contribution < 1.29 is 8.42 Å². The lowest BCUT2D eigenvalue weighted by atomic mass is 9.98. The molecule has 6 nitrogen and oxygen atoms in total. The third-order valence-corrected chi connectivity index (χ3v) is 7.50. The Morgan fingerprint density at radius 2 is 1.75 bits per heavy atom. The van der Waals surface area contributed by atoms with Crippen LogP contribution in [0.5, 0.6) is 0 Å². The van der Waals surface area contributed by atoms with Gasteiger partial charge in [0.1, 0.15) is 5.54 Å². The van der Waals surface area contributed by atoms with Crippen LogP contribution in [0.4, 0.5) is 0 Å². The Morgan fingerprint density at radius 3 is 2.50 bits per heavy atom. The van der Waals surface area contributed by atoms with Crippen LogP contribution < -0.4 is 10.0 Å². The molecular formula is C25H24N4O2S. The van der Waals surface area contributed by atoms with Gasteiger partial charge in [-0.05, 0) is 54.9 Å². The molecule has 1 fully saturated rings. The molecule has 162 valence electrons. The molecule has 0 unspecified atom stereocenters. The van der Waals surface area contributed by atoms with Gasteiger partial charge in [-0.25, -0.2) is 18.4 Å². The summed E-state index contributed by atoms with van der Waals surface area (Å²) in [6, 6.07) is 23.1. The van der Waals surface area contributed by atoms with E-state index >= 15 is 0 Å². The molecule has 0 radical (unpaired) electrons. The first kappa shape index (κ1) is 20.8. The van der Waals surface area contributed by atoms with Crippen molar-refractivity contribution in [3.05, 3.63) is 90.4 Å². The van der Waals surface area contributed by atoms with Crippen LogP contribution in [0.15, 0.2) is 83.9 Å². The Labute approximate surface area is 187 Å². The number of nitrogens with zero attached hydrogens (tertiary/aromatic N) is 2. The normalized spacial score (nSPS) is 18.8. The topological polar surface area (TPSA) is 84.0 Å². The van der Waals surface area contributed by atoms with Gasteiger partial charge in [-0.3, -0.25) is 0 Å². The van der Waals surface area contributed by atoms with Gasteiger partial charge in [0.05, 0.1) is 10.6 Å². The number of hydrogen-bond donors (Lipinski definition) is 2. The van der Waals surface area contributed by atoms with E-state index < -0.39 is 15.6 Å². The SMILES string of the molecule is Cc1ccc(S(=O)(=O)N[C@@]2(c3nccc(-c4ccc5ccccc5c4)n3)CCNC2)cc1. The number of aryl methyl sites for hydroxylation is 1. The fourth-order valence-electron chi connectivity index (χ4n) is 4.15. The zero-order valence-electron chi connectivity index (χ0n) is 17.7. The fourth-order valence-corrected chi connectivity index (χ4v) is 5.54. The van der Waals surface area contributed by atoms with E-state index in [4.69, 9.17) is 4.98 Å². The lowest BCUT2D eigenvalue weighted by Gasteiger charge is -2.28. The van der Waals surface area contributed by atoms with Crippen molar-refractivity contribution in [2.45, 2.75) is 23.8 Å². The number of aromatic nitrogens is 2. The maximum atomic E-state index is 13.2. The highest BCUT2D eigenvalue weighted by atomic mass is 32.2. The van der Waals surface area contributed by atoms with E-state index in [1.54, 1.807) is 30.5 Å². The number of benzene rings is 3. The highest BCUT2D eigenvalue weighted by molar-refractivity contribution is 7.89. The second-order valence-electron chi connectivity index (χ2n) is 8.25. The van der Waals surface area contributed by atoms with Crippen LogP contribution in [-0.4, -0.2) is 31.5 Å². The van der Waals surface area contributed by atoms with E-state index in [-0.39, 0.29) is 4.90 Å². The minimum Gasteiger partial charge on any atom is -0.314 e. The van der Waals surface area contributed by atoms with Crippen molar-refractivity contribution in [1.82, 2.24) is 20.0 Å². The zero-order chi connectivity index (χ0) is 22.2. The largest absolute Gasteiger partial charge is 0.314 e. The number of hydrogen-bond acceptors (Lipinski definition) is 5. The Bertz CT molecular complexity index is 1380. The van der Waals surface area contributed by atoms with Crippen LogP contribution in [-0.2, 0) is 15.6 Å². The highest BCUT2D eigenvalue weighted by Gasteiger charge is 2.42. The van der Waals surface area contributed by atoms with E-state index in [0.717, 1.165) is 27.6 Å². The molecule has 1 aliphatic heterocycles. The van der Waals surface area contributed by atoms with Gasteiger partial charge >= 0.3 is 0 Å². The summed E-state index contributed by atoms with van der Waals surface area (Å²) in [7, 11) is -3.74. The number of fused-ring (bicyclic) bond motifs is 1. The van der Waals surface area contributed by atoms with Gasteiger partial charge in [-0.15, -0.1) is 0 Å². The van der Waals surface area contributed by atoms with E-state index in [2.05, 4.69) is 39.3 Å². The van der Waals surface area contributed by atoms with Gasteiger partial charge in [-0.1, -0.05) is 54.1 Å². The van der Waals surface area contributed by atoms with Crippen LogP contribution in [0.2, 0.25) is 0 Å². The first-order valence-electron chi connectivity index (χ1n) is 10.6. The summed E-state index contributed by atoms with van der Waals surface area (Å²) in [5, 5.41) is 5.56. The molecular weight excluding hydrogens is 420 g/mol. The summed E-state index contributed by atoms with van der Waals surface area (Å²) < 4.78 is 29.3. The fraction of sp³-hybridized carbons (Fsp3) is 0.200. The highest BCUT2D eigenvalue weighted by Crippen LogP contribution is 2.30. The van der Waals surface area contributed by atoms with Gasteiger partial charge in [0.15, 0.2) is 5.82 Å². The Balaban J connectivity index is 1.53. The van der Waals surface area contributed by atoms with E-state index in [1.807, 2.05) is 31.2 Å². The summed E-state index contributed by atoms with van der Waals surface area (Å²) in [6.07, 6.45) is 2.27. The summed E-state index contributed by atoms with van der Waals surface area (Å²) in [5.74, 6) is 0.476. The molecule has 4 aromatic rings. The van der Waals surface area contributed by atoms with Crippen LogP contribution in [0.3, 0.4) is 0 Å². The lowest BCUT2D eigenvalue weighted by molar-refractivity contribution is 0.405. The Morgan fingerprint density at radius 1 is 0.969 bits per heavy atom. The first-order valence-corrected chi connectivity index (χ1v) is 12.1. The quantitative estimate of drug-likeness (QED) is 0.490. The van der Waals surface area contributed by atoms with Crippen molar-refractivity contribution in [3.63, 3.8) is 0 Å². The third kappa shape index (κ3) is 3.90. The number of rotatable bonds is 5. The van der Waals surface area contributed by atoms with Crippen molar-refractivity contribution in [1.29, 1.82) is 0 Å². The van der Waals surface area contributed by atoms with Gasteiger partial charge in [-0.2, -0.15) is 4.72 Å². The summed E-state index contributed by atoms with van der Waals surface area (Å²) in [6.45, 7) is 3.04. The van der Waals surface area contributed by atoms with Gasteiger partial charge in [0, 0.05) is 18.3 Å². The molecule has 1 aliphatic rings. The molecule has 5 rings (SSSR count). The van der Waals surface area contributed by atoms with Crippen LogP contribution in [0.25, 0.3) is 22.0 Å². The molecule has 2 N–H and O–H groups in total. The Hall–Kier alpha value is -3.13. The summed E-state index contributed by atoms with van der Waals surface area (Å²) in [4.78, 5) is 9.55. The minimum atomic E-state index is -3.74. The molecule has 0 aliphatic carbocycles. The molecule has 7 heteroatoms. The zero-order valence-corrected chi connectivity index (χ0v) is 18.6. The standard InChI is InChI=1S/C25H24N4O2S/c1-18-6-10-22(11-7-18)32(30,31)29-25(13-15-26-17-25)24-27-14-12-23(28-24)21-9-8-19-4-2-3-5-20(19)16-21/h2-12,14,16,26,29H,13,15,17H2,1H3/t25-/m0/s1. The average molecular weight is 445 g/mol. The maximum Gasteiger partial charge on any atom is 0.241 e. The molecule has 1 atom stereocenters. The predicted molar refractivity (Wildman–Crippen MR) is 126 cm³/mol. The number of nitrogens with one attached hydrogen (secondary N) is 2. The summed E-state index contributed by atoms with van der Waals surface area (Å²) in [5.41, 5.74) is 1.83. The average Bonchev–Trinajstić information content (AvgIpc) is 3.28. The second kappa shape index (κ2) is 8.09. The van der Waals surface area contributed by atoms with Crippen LogP contribution in [0, 0.1) is 6.92 Å². The molecule has 1 saturated heterocycles. The monoisotopic (exact) mass is 444 g/mol. The van der Waals surface area contributed by atoms with Crippen LogP contribution in [0.1, 0.15) is 17.8 Å². The Kier molecular flexibility index (Phi) is 5.25. The van der Waals surface area contributed by atoms with Crippen LogP contribution >= 0.6 is 0 Å². The van der Waals surface area contributed by atoms with Gasteiger partial charge in [0.25, 0.3) is 0 Å². The molecule has 0 spiro atoms. The third-order valence-electron chi connectivity index (χ3n) is 5.95. The second-order valence-corrected chi connectivity index (χ2v) is 9.94. The molecule has 0 bridgehead atoms. The smallest absolute Gasteiger partial charge is 0.241 e. The van der Waals surface area contributed by atoms with Crippen molar-refractivity contribution >= 4 is 20.8 Å². The van der Waals surface area contributed by atoms with E-state index in [9.17, 15) is 8.42 Å².